The zero-order chi connectivity index (χ0) is 21.1. The Morgan fingerprint density at radius 1 is 1.17 bits per heavy atom. The molecule has 0 radical (unpaired) electrons. The Balaban J connectivity index is 1.36. The number of nitrogens with zero attached hydrogens (tertiary/aromatic N) is 2. The molecule has 1 atom stereocenters. The number of halogens is 1. The minimum absolute atomic E-state index is 0.186. The molecule has 2 aromatic rings. The molecule has 1 aliphatic carbocycles. The smallest absolute Gasteiger partial charge is 0.136 e. The fraction of sp³-hybridized carbons (Fsp3) is 0.375. The monoisotopic (exact) mass is 426 g/mol. The van der Waals surface area contributed by atoms with Gasteiger partial charge in [0.1, 0.15) is 30.6 Å². The molecule has 1 fully saturated rings. The first-order valence-corrected chi connectivity index (χ1v) is 10.7. The van der Waals surface area contributed by atoms with Gasteiger partial charge in [-0.3, -0.25) is 0 Å². The van der Waals surface area contributed by atoms with E-state index >= 15 is 0 Å². The molecule has 5 nitrogen and oxygen atoms in total. The van der Waals surface area contributed by atoms with Gasteiger partial charge in [-0.25, -0.2) is 4.99 Å². The second-order valence-electron chi connectivity index (χ2n) is 7.73. The highest BCUT2D eigenvalue weighted by Crippen LogP contribution is 2.39. The quantitative estimate of drug-likeness (QED) is 0.448. The van der Waals surface area contributed by atoms with Gasteiger partial charge in [0.2, 0.25) is 0 Å². The lowest BCUT2D eigenvalue weighted by Crippen LogP contribution is -2.33. The van der Waals surface area contributed by atoms with Crippen LogP contribution >= 0.6 is 11.6 Å². The maximum atomic E-state index is 9.85. The van der Waals surface area contributed by atoms with Crippen molar-refractivity contribution in [2.24, 2.45) is 4.99 Å². The average Bonchev–Trinajstić information content (AvgIpc) is 2.70. The second kappa shape index (κ2) is 9.11. The van der Waals surface area contributed by atoms with Crippen molar-refractivity contribution < 1.29 is 14.6 Å². The average molecular weight is 427 g/mol. The number of rotatable bonds is 7. The topological polar surface area (TPSA) is 54.3 Å². The van der Waals surface area contributed by atoms with Gasteiger partial charge in [0.25, 0.3) is 0 Å². The molecule has 158 valence electrons. The van der Waals surface area contributed by atoms with Crippen molar-refractivity contribution in [2.75, 3.05) is 26.9 Å². The van der Waals surface area contributed by atoms with Gasteiger partial charge >= 0.3 is 0 Å². The molecule has 1 unspecified atom stereocenters. The van der Waals surface area contributed by atoms with Crippen LogP contribution in [0.4, 0.5) is 5.69 Å². The van der Waals surface area contributed by atoms with Crippen molar-refractivity contribution in [3.63, 3.8) is 0 Å². The molecule has 2 aromatic carbocycles. The molecule has 1 aliphatic heterocycles. The number of hydrogen-bond acceptors (Lipinski definition) is 5. The van der Waals surface area contributed by atoms with E-state index in [4.69, 9.17) is 26.1 Å². The standard InChI is InChI=1S/C24H27ClN2O3/c1-16-20-7-4-8-21(25)23(20)26-24(27(16)2)18-9-11-19(12-10-18)30-14-13-29-15-22(28)17-5-3-6-17/h4,7-12,16,28H,3,5-6,13-15H2,1-2H3. The highest BCUT2D eigenvalue weighted by Gasteiger charge is 2.26. The third-order valence-electron chi connectivity index (χ3n) is 5.81. The van der Waals surface area contributed by atoms with E-state index in [2.05, 4.69) is 17.9 Å². The van der Waals surface area contributed by atoms with E-state index < -0.39 is 0 Å². The molecule has 30 heavy (non-hydrogen) atoms. The van der Waals surface area contributed by atoms with E-state index in [0.29, 0.717) is 24.0 Å². The number of allylic oxidation sites excluding steroid dienone is 1. The summed E-state index contributed by atoms with van der Waals surface area (Å²) in [6.07, 6.45) is 3.16. The number of amidine groups is 1. The summed E-state index contributed by atoms with van der Waals surface area (Å²) in [5.41, 5.74) is 4.11. The molecule has 1 saturated carbocycles. The van der Waals surface area contributed by atoms with Crippen LogP contribution in [0.25, 0.3) is 0 Å². The minimum Gasteiger partial charge on any atom is -0.510 e. The van der Waals surface area contributed by atoms with Crippen LogP contribution in [-0.2, 0) is 4.74 Å². The first kappa shape index (κ1) is 20.8. The highest BCUT2D eigenvalue weighted by molar-refractivity contribution is 6.33. The van der Waals surface area contributed by atoms with Crippen molar-refractivity contribution in [1.29, 1.82) is 0 Å². The number of para-hydroxylation sites is 1. The summed E-state index contributed by atoms with van der Waals surface area (Å²) >= 11 is 6.39. The van der Waals surface area contributed by atoms with Crippen LogP contribution in [-0.4, -0.2) is 42.7 Å². The van der Waals surface area contributed by atoms with E-state index in [1.54, 1.807) is 0 Å². The van der Waals surface area contributed by atoms with Gasteiger partial charge in [-0.15, -0.1) is 0 Å². The maximum absolute atomic E-state index is 9.85. The predicted octanol–water partition coefficient (Wildman–Crippen LogP) is 5.82. The van der Waals surface area contributed by atoms with Crippen LogP contribution in [0, 0.1) is 0 Å². The molecular weight excluding hydrogens is 400 g/mol. The zero-order valence-corrected chi connectivity index (χ0v) is 18.2. The zero-order valence-electron chi connectivity index (χ0n) is 17.4. The van der Waals surface area contributed by atoms with Crippen molar-refractivity contribution >= 4 is 23.1 Å². The third-order valence-corrected chi connectivity index (χ3v) is 6.12. The van der Waals surface area contributed by atoms with Crippen LogP contribution in [0.3, 0.4) is 0 Å². The van der Waals surface area contributed by atoms with Gasteiger partial charge in [-0.2, -0.15) is 0 Å². The molecule has 1 heterocycles. The number of aliphatic imine (C=N–C) groups is 1. The summed E-state index contributed by atoms with van der Waals surface area (Å²) in [6, 6.07) is 14.0. The lowest BCUT2D eigenvalue weighted by atomic mass is 9.91. The minimum atomic E-state index is 0.186. The Bertz CT molecular complexity index is 963. The molecular formula is C24H27ClN2O3. The molecule has 0 saturated heterocycles. The summed E-state index contributed by atoms with van der Waals surface area (Å²) in [5.74, 6) is 2.05. The summed E-state index contributed by atoms with van der Waals surface area (Å²) < 4.78 is 11.2. The van der Waals surface area contributed by atoms with Gasteiger partial charge < -0.3 is 19.5 Å². The number of benzene rings is 2. The van der Waals surface area contributed by atoms with E-state index in [1.165, 1.54) is 6.42 Å². The number of aliphatic hydroxyl groups is 1. The van der Waals surface area contributed by atoms with Crippen molar-refractivity contribution in [3.8, 4) is 5.75 Å². The number of aliphatic hydroxyl groups excluding tert-OH is 1. The Hall–Kier alpha value is -2.50. The van der Waals surface area contributed by atoms with Crippen LogP contribution in [0.15, 0.2) is 58.8 Å². The summed E-state index contributed by atoms with van der Waals surface area (Å²) in [4.78, 5) is 6.99. The fourth-order valence-corrected chi connectivity index (χ4v) is 3.89. The lowest BCUT2D eigenvalue weighted by Gasteiger charge is -2.33. The van der Waals surface area contributed by atoms with Gasteiger partial charge in [-0.1, -0.05) is 23.7 Å². The molecule has 1 N–H and O–H groups in total. The second-order valence-corrected chi connectivity index (χ2v) is 8.14. The number of fused-ring (bicyclic) bond motifs is 1. The summed E-state index contributed by atoms with van der Waals surface area (Å²) in [5, 5.41) is 10.5. The Kier molecular flexibility index (Phi) is 6.30. The molecule has 0 bridgehead atoms. The van der Waals surface area contributed by atoms with Crippen LogP contribution in [0.2, 0.25) is 5.02 Å². The van der Waals surface area contributed by atoms with E-state index in [-0.39, 0.29) is 12.6 Å². The molecule has 6 heteroatoms. The van der Waals surface area contributed by atoms with Gasteiger partial charge in [0.05, 0.1) is 23.4 Å². The number of hydrogen-bond donors (Lipinski definition) is 1. The van der Waals surface area contributed by atoms with E-state index in [9.17, 15) is 5.11 Å². The first-order chi connectivity index (χ1) is 14.5. The fourth-order valence-electron chi connectivity index (χ4n) is 3.66. The number of ether oxygens (including phenoxy) is 2. The summed E-state index contributed by atoms with van der Waals surface area (Å²) in [7, 11) is 2.05. The molecule has 0 aromatic heterocycles. The van der Waals surface area contributed by atoms with Crippen molar-refractivity contribution in [3.05, 3.63) is 69.9 Å². The normalized spacial score (nSPS) is 17.8. The SMILES string of the molecule is CC1c2cccc(Cl)c2N=C(c2ccc(OCCOCC(O)=C3CCC3)cc2)N1C. The molecule has 0 amide bonds. The van der Waals surface area contributed by atoms with E-state index in [1.807, 2.05) is 43.4 Å². The lowest BCUT2D eigenvalue weighted by molar-refractivity contribution is 0.0950. The van der Waals surface area contributed by atoms with Gasteiger partial charge in [0, 0.05) is 18.2 Å². The predicted molar refractivity (Wildman–Crippen MR) is 120 cm³/mol. The Morgan fingerprint density at radius 3 is 2.63 bits per heavy atom. The highest BCUT2D eigenvalue weighted by atomic mass is 35.5. The van der Waals surface area contributed by atoms with Crippen molar-refractivity contribution in [1.82, 2.24) is 4.90 Å². The maximum Gasteiger partial charge on any atom is 0.136 e. The first-order valence-electron chi connectivity index (χ1n) is 10.4. The molecule has 0 spiro atoms. The molecule has 4 rings (SSSR count). The van der Waals surface area contributed by atoms with Crippen molar-refractivity contribution in [2.45, 2.75) is 32.2 Å². The summed E-state index contributed by atoms with van der Waals surface area (Å²) in [6.45, 7) is 3.29. The van der Waals surface area contributed by atoms with Gasteiger partial charge in [-0.05, 0) is 62.1 Å². The van der Waals surface area contributed by atoms with Crippen LogP contribution in [0.1, 0.15) is 43.4 Å². The largest absolute Gasteiger partial charge is 0.510 e. The Morgan fingerprint density at radius 2 is 1.93 bits per heavy atom. The van der Waals surface area contributed by atoms with Gasteiger partial charge in [0.15, 0.2) is 0 Å². The van der Waals surface area contributed by atoms with Crippen LogP contribution < -0.4 is 4.74 Å². The third kappa shape index (κ3) is 4.32. The van der Waals surface area contributed by atoms with Crippen LogP contribution in [0.5, 0.6) is 5.75 Å². The molecule has 2 aliphatic rings. The van der Waals surface area contributed by atoms with E-state index in [0.717, 1.165) is 46.8 Å². The Labute approximate surface area is 182 Å².